The molecule has 1 aromatic carbocycles. The number of nitriles is 1. The molecule has 112 valence electrons. The molecule has 0 fully saturated rings. The number of rotatable bonds is 2. The molecule has 1 aliphatic rings. The molecule has 0 aliphatic carbocycles. The number of nitrogens with zero attached hydrogens (tertiary/aromatic N) is 2. The van der Waals surface area contributed by atoms with Crippen LogP contribution in [-0.2, 0) is 4.74 Å². The van der Waals surface area contributed by atoms with E-state index in [0.29, 0.717) is 0 Å². The maximum Gasteiger partial charge on any atom is 0.288 e. The highest BCUT2D eigenvalue weighted by Gasteiger charge is 2.29. The molecule has 2 rings (SSSR count). The molecule has 0 saturated heterocycles. The highest BCUT2D eigenvalue weighted by molar-refractivity contribution is 6.00. The zero-order valence-electron chi connectivity index (χ0n) is 11.5. The molecule has 0 radical (unpaired) electrons. The molecular formula is C14H14F3N3O. The second kappa shape index (κ2) is 7.45. The molecule has 0 spiro atoms. The van der Waals surface area contributed by atoms with E-state index >= 15 is 0 Å². The van der Waals surface area contributed by atoms with Gasteiger partial charge >= 0.3 is 0 Å². The number of hydrogen-bond donors (Lipinski definition) is 1. The Hall–Kier alpha value is -2.33. The number of ether oxygens (including phenoxy) is 1. The zero-order valence-corrected chi connectivity index (χ0v) is 11.5. The predicted octanol–water partition coefficient (Wildman–Crippen LogP) is 2.83. The number of halogens is 3. The lowest BCUT2D eigenvalue weighted by Crippen LogP contribution is -2.34. The minimum atomic E-state index is -2.90. The summed E-state index contributed by atoms with van der Waals surface area (Å²) >= 11 is 0. The lowest BCUT2D eigenvalue weighted by molar-refractivity contribution is 0.0916. The van der Waals surface area contributed by atoms with E-state index in [4.69, 9.17) is 10.00 Å². The van der Waals surface area contributed by atoms with Crippen LogP contribution in [0.2, 0.25) is 0 Å². The summed E-state index contributed by atoms with van der Waals surface area (Å²) in [6.07, 6.45) is 2.33. The standard InChI is InChI=1S/C7H10F2N2O.C7H4FN/c1-7(8,9)5-3-4-6(12-2)11-10-5;8-7-4-2-1-3-6(7)5-9/h3-4,6,11H,1-2H3;1-4H. The average Bonchev–Trinajstić information content (AvgIpc) is 2.47. The highest BCUT2D eigenvalue weighted by atomic mass is 19.3. The molecule has 0 saturated carbocycles. The monoisotopic (exact) mass is 297 g/mol. The topological polar surface area (TPSA) is 57.4 Å². The lowest BCUT2D eigenvalue weighted by atomic mass is 10.2. The molecule has 1 aromatic rings. The van der Waals surface area contributed by atoms with Crippen LogP contribution < -0.4 is 5.43 Å². The van der Waals surface area contributed by atoms with Crippen LogP contribution in [0.4, 0.5) is 13.2 Å². The van der Waals surface area contributed by atoms with Gasteiger partial charge in [0.05, 0.1) is 5.56 Å². The molecule has 4 nitrogen and oxygen atoms in total. The Balaban J connectivity index is 0.000000219. The number of methoxy groups -OCH3 is 1. The van der Waals surface area contributed by atoms with Gasteiger partial charge in [0.1, 0.15) is 17.6 Å². The van der Waals surface area contributed by atoms with Gasteiger partial charge in [0.15, 0.2) is 6.23 Å². The van der Waals surface area contributed by atoms with Crippen LogP contribution in [0.25, 0.3) is 0 Å². The van der Waals surface area contributed by atoms with Gasteiger partial charge in [-0.2, -0.15) is 19.1 Å². The molecule has 7 heteroatoms. The molecule has 1 heterocycles. The van der Waals surface area contributed by atoms with E-state index < -0.39 is 18.0 Å². The van der Waals surface area contributed by atoms with Crippen LogP contribution in [0, 0.1) is 17.1 Å². The predicted molar refractivity (Wildman–Crippen MR) is 72.2 cm³/mol. The Kier molecular flexibility index (Phi) is 5.93. The van der Waals surface area contributed by atoms with Gasteiger partial charge < -0.3 is 4.74 Å². The van der Waals surface area contributed by atoms with Gasteiger partial charge in [-0.05, 0) is 24.3 Å². The van der Waals surface area contributed by atoms with Crippen LogP contribution in [0.3, 0.4) is 0 Å². The normalized spacial score (nSPS) is 17.0. The molecule has 21 heavy (non-hydrogen) atoms. The van der Waals surface area contributed by atoms with Crippen molar-refractivity contribution in [2.24, 2.45) is 5.10 Å². The quantitative estimate of drug-likeness (QED) is 0.913. The number of nitrogens with one attached hydrogen (secondary N) is 1. The van der Waals surface area contributed by atoms with E-state index in [0.717, 1.165) is 6.92 Å². The van der Waals surface area contributed by atoms with E-state index in [2.05, 4.69) is 10.5 Å². The Bertz CT molecular complexity index is 574. The average molecular weight is 297 g/mol. The van der Waals surface area contributed by atoms with E-state index in [9.17, 15) is 13.2 Å². The van der Waals surface area contributed by atoms with Gasteiger partial charge in [0, 0.05) is 14.0 Å². The molecule has 0 amide bonds. The molecule has 1 unspecified atom stereocenters. The largest absolute Gasteiger partial charge is 0.357 e. The maximum atomic E-state index is 12.6. The molecule has 1 aliphatic heterocycles. The van der Waals surface area contributed by atoms with Crippen molar-refractivity contribution in [1.82, 2.24) is 5.43 Å². The van der Waals surface area contributed by atoms with Crippen LogP contribution in [0.1, 0.15) is 12.5 Å². The summed E-state index contributed by atoms with van der Waals surface area (Å²) in [5, 5.41) is 11.7. The lowest BCUT2D eigenvalue weighted by Gasteiger charge is -2.18. The van der Waals surface area contributed by atoms with Crippen LogP contribution >= 0.6 is 0 Å². The van der Waals surface area contributed by atoms with Gasteiger partial charge in [-0.25, -0.2) is 4.39 Å². The van der Waals surface area contributed by atoms with E-state index in [1.54, 1.807) is 18.2 Å². The third kappa shape index (κ3) is 5.28. The fourth-order valence-electron chi connectivity index (χ4n) is 1.32. The van der Waals surface area contributed by atoms with Gasteiger partial charge in [-0.15, -0.1) is 0 Å². The number of hydrazone groups is 1. The second-order valence-electron chi connectivity index (χ2n) is 4.12. The summed E-state index contributed by atoms with van der Waals surface area (Å²) < 4.78 is 42.3. The Morgan fingerprint density at radius 3 is 2.43 bits per heavy atom. The van der Waals surface area contributed by atoms with Gasteiger partial charge in [-0.3, -0.25) is 5.43 Å². The van der Waals surface area contributed by atoms with Crippen molar-refractivity contribution in [3.8, 4) is 6.07 Å². The summed E-state index contributed by atoms with van der Waals surface area (Å²) in [7, 11) is 1.46. The summed E-state index contributed by atoms with van der Waals surface area (Å²) in [5.41, 5.74) is 2.24. The zero-order chi connectivity index (χ0) is 15.9. The van der Waals surface area contributed by atoms with Crippen molar-refractivity contribution >= 4 is 5.71 Å². The minimum absolute atomic E-state index is 0.0949. The van der Waals surface area contributed by atoms with Gasteiger partial charge in [-0.1, -0.05) is 12.1 Å². The van der Waals surface area contributed by atoms with E-state index in [1.165, 1.54) is 31.4 Å². The number of benzene rings is 1. The fourth-order valence-corrected chi connectivity index (χ4v) is 1.32. The van der Waals surface area contributed by atoms with Crippen molar-refractivity contribution < 1.29 is 17.9 Å². The van der Waals surface area contributed by atoms with Crippen molar-refractivity contribution in [3.63, 3.8) is 0 Å². The summed E-state index contributed by atoms with van der Waals surface area (Å²) in [5.74, 6) is -3.36. The maximum absolute atomic E-state index is 12.6. The third-order valence-electron chi connectivity index (χ3n) is 2.44. The summed E-state index contributed by atoms with van der Waals surface area (Å²) in [6.45, 7) is 0.797. The molecule has 1 N–H and O–H groups in total. The van der Waals surface area contributed by atoms with E-state index in [1.807, 2.05) is 0 Å². The molecule has 0 bridgehead atoms. The van der Waals surface area contributed by atoms with Crippen LogP contribution in [0.5, 0.6) is 0 Å². The fraction of sp³-hybridized carbons (Fsp3) is 0.286. The first-order chi connectivity index (χ1) is 9.88. The Labute approximate surface area is 120 Å². The molecule has 1 atom stereocenters. The van der Waals surface area contributed by atoms with Crippen molar-refractivity contribution in [2.45, 2.75) is 19.1 Å². The first-order valence-electron chi connectivity index (χ1n) is 5.95. The van der Waals surface area contributed by atoms with Crippen molar-refractivity contribution in [1.29, 1.82) is 5.26 Å². The van der Waals surface area contributed by atoms with Gasteiger partial charge in [0.2, 0.25) is 0 Å². The SMILES string of the molecule is COC1C=CC(C(C)(F)F)=NN1.N#Cc1ccccc1F. The Morgan fingerprint density at radius 1 is 1.38 bits per heavy atom. The first-order valence-corrected chi connectivity index (χ1v) is 5.95. The summed E-state index contributed by atoms with van der Waals surface area (Å²) in [4.78, 5) is 0. The van der Waals surface area contributed by atoms with Crippen LogP contribution in [-0.4, -0.2) is 25.0 Å². The van der Waals surface area contributed by atoms with Crippen molar-refractivity contribution in [3.05, 3.63) is 47.8 Å². The van der Waals surface area contributed by atoms with E-state index in [-0.39, 0.29) is 11.3 Å². The molecule has 0 aromatic heterocycles. The minimum Gasteiger partial charge on any atom is -0.357 e. The van der Waals surface area contributed by atoms with Gasteiger partial charge in [0.25, 0.3) is 5.92 Å². The third-order valence-corrected chi connectivity index (χ3v) is 2.44. The highest BCUT2D eigenvalue weighted by Crippen LogP contribution is 2.16. The number of allylic oxidation sites excluding steroid dienone is 1. The number of alkyl halides is 2. The Morgan fingerprint density at radius 2 is 2.05 bits per heavy atom. The van der Waals surface area contributed by atoms with Crippen molar-refractivity contribution in [2.75, 3.05) is 7.11 Å². The second-order valence-corrected chi connectivity index (χ2v) is 4.12. The first kappa shape index (κ1) is 16.7. The smallest absolute Gasteiger partial charge is 0.288 e. The summed E-state index contributed by atoms with van der Waals surface area (Å²) in [6, 6.07) is 7.60. The van der Waals surface area contributed by atoms with Crippen LogP contribution in [0.15, 0.2) is 41.5 Å². The molecular weight excluding hydrogens is 283 g/mol. The number of hydrogen-bond acceptors (Lipinski definition) is 4.